The van der Waals surface area contributed by atoms with Crippen molar-refractivity contribution >= 4 is 87.3 Å². The molecule has 0 aliphatic rings. The van der Waals surface area contributed by atoms with E-state index in [0.717, 1.165) is 4.90 Å². The van der Waals surface area contributed by atoms with Gasteiger partial charge in [-0.25, -0.2) is 4.79 Å². The number of rotatable bonds is 9. The maximum Gasteiger partial charge on any atom is 0.338 e. The second kappa shape index (κ2) is 12.8. The summed E-state index contributed by atoms with van der Waals surface area (Å²) in [6.45, 7) is 1.75. The van der Waals surface area contributed by atoms with Crippen molar-refractivity contribution in [3.05, 3.63) is 73.7 Å². The Morgan fingerprint density at radius 3 is 1.82 bits per heavy atom. The maximum atomic E-state index is 12.9. The van der Waals surface area contributed by atoms with Gasteiger partial charge in [0.15, 0.2) is 0 Å². The highest BCUT2D eigenvalue weighted by atomic mass is 35.5. The van der Waals surface area contributed by atoms with Gasteiger partial charge in [-0.2, -0.15) is 0 Å². The van der Waals surface area contributed by atoms with Gasteiger partial charge in [-0.15, -0.1) is 11.8 Å². The lowest BCUT2D eigenvalue weighted by atomic mass is 10.1. The molecule has 8 nitrogen and oxygen atoms in total. The Balaban J connectivity index is 1.71. The van der Waals surface area contributed by atoms with Crippen LogP contribution in [-0.4, -0.2) is 42.4 Å². The molecule has 0 aliphatic carbocycles. The van der Waals surface area contributed by atoms with Gasteiger partial charge in [-0.3, -0.25) is 9.59 Å². The van der Waals surface area contributed by atoms with Crippen LogP contribution in [0, 0.1) is 0 Å². The predicted molar refractivity (Wildman–Crippen MR) is 151 cm³/mol. The van der Waals surface area contributed by atoms with E-state index >= 15 is 0 Å². The Morgan fingerprint density at radius 2 is 1.32 bits per heavy atom. The summed E-state index contributed by atoms with van der Waals surface area (Å²) in [5, 5.41) is 13.2. The van der Waals surface area contributed by atoms with Crippen LogP contribution < -0.4 is 20.1 Å². The third-order valence-corrected chi connectivity index (χ3v) is 8.04. The van der Waals surface area contributed by atoms with Crippen LogP contribution in [-0.2, 0) is 4.79 Å². The molecule has 13 heteroatoms. The second-order valence-electron chi connectivity index (χ2n) is 7.64. The largest absolute Gasteiger partial charge is 0.497 e. The van der Waals surface area contributed by atoms with Crippen molar-refractivity contribution in [1.82, 2.24) is 0 Å². The maximum absolute atomic E-state index is 12.9. The highest BCUT2D eigenvalue weighted by Crippen LogP contribution is 2.42. The van der Waals surface area contributed by atoms with Crippen LogP contribution in [0.15, 0.2) is 47.4 Å². The van der Waals surface area contributed by atoms with E-state index in [1.165, 1.54) is 26.0 Å². The molecule has 0 aliphatic heterocycles. The third-order valence-electron chi connectivity index (χ3n) is 5.12. The van der Waals surface area contributed by atoms with Gasteiger partial charge in [0.2, 0.25) is 5.91 Å². The van der Waals surface area contributed by atoms with Gasteiger partial charge >= 0.3 is 5.97 Å². The third kappa shape index (κ3) is 6.78. The van der Waals surface area contributed by atoms with Crippen molar-refractivity contribution in [3.63, 3.8) is 0 Å². The van der Waals surface area contributed by atoms with E-state index in [0.29, 0.717) is 22.9 Å². The molecule has 0 aromatic heterocycles. The SMILES string of the molecule is COc1cc(NC(=O)C(C)Sc2ccc(NC(=O)c3c(Cl)c(Cl)c(Cl)c(Cl)c3C(=O)O)cc2)cc(OC)c1. The van der Waals surface area contributed by atoms with Crippen LogP contribution in [0.5, 0.6) is 11.5 Å². The number of benzene rings is 3. The minimum Gasteiger partial charge on any atom is -0.497 e. The zero-order chi connectivity index (χ0) is 28.1. The number of thioether (sulfide) groups is 1. The molecule has 200 valence electrons. The van der Waals surface area contributed by atoms with E-state index in [2.05, 4.69) is 10.6 Å². The predicted octanol–water partition coefficient (Wildman–Crippen LogP) is 7.39. The number of halogens is 4. The van der Waals surface area contributed by atoms with Crippen LogP contribution in [0.4, 0.5) is 11.4 Å². The average molecular weight is 618 g/mol. The molecule has 3 rings (SSSR count). The molecular formula is C25H20Cl4N2O6S. The highest BCUT2D eigenvalue weighted by molar-refractivity contribution is 8.00. The van der Waals surface area contributed by atoms with Crippen LogP contribution in [0.2, 0.25) is 20.1 Å². The van der Waals surface area contributed by atoms with Gasteiger partial charge in [0, 0.05) is 34.5 Å². The summed E-state index contributed by atoms with van der Waals surface area (Å²) in [6.07, 6.45) is 0. The van der Waals surface area contributed by atoms with Gasteiger partial charge in [-0.1, -0.05) is 46.4 Å². The Labute approximate surface area is 242 Å². The fourth-order valence-corrected chi connectivity index (χ4v) is 5.12. The van der Waals surface area contributed by atoms with Crippen molar-refractivity contribution in [1.29, 1.82) is 0 Å². The smallest absolute Gasteiger partial charge is 0.338 e. The lowest BCUT2D eigenvalue weighted by molar-refractivity contribution is -0.115. The summed E-state index contributed by atoms with van der Waals surface area (Å²) in [7, 11) is 3.04. The van der Waals surface area contributed by atoms with Crippen LogP contribution in [0.25, 0.3) is 0 Å². The molecule has 38 heavy (non-hydrogen) atoms. The number of anilines is 2. The summed E-state index contributed by atoms with van der Waals surface area (Å²) < 4.78 is 10.4. The number of amides is 2. The number of carbonyl (C=O) groups is 3. The van der Waals surface area contributed by atoms with E-state index in [-0.39, 0.29) is 21.0 Å². The normalized spacial score (nSPS) is 11.4. The molecule has 3 aromatic carbocycles. The van der Waals surface area contributed by atoms with E-state index in [9.17, 15) is 19.5 Å². The lowest BCUT2D eigenvalue weighted by Crippen LogP contribution is -2.22. The topological polar surface area (TPSA) is 114 Å². The zero-order valence-electron chi connectivity index (χ0n) is 20.0. The fraction of sp³-hybridized carbons (Fsp3) is 0.160. The van der Waals surface area contributed by atoms with Gasteiger partial charge < -0.3 is 25.2 Å². The molecule has 0 saturated heterocycles. The molecule has 0 radical (unpaired) electrons. The van der Waals surface area contributed by atoms with Crippen molar-refractivity contribution in [2.45, 2.75) is 17.1 Å². The molecule has 3 N–H and O–H groups in total. The number of hydrogen-bond donors (Lipinski definition) is 3. The van der Waals surface area contributed by atoms with Gasteiger partial charge in [0.1, 0.15) is 11.5 Å². The van der Waals surface area contributed by atoms with E-state index in [1.54, 1.807) is 49.4 Å². The molecule has 0 spiro atoms. The lowest BCUT2D eigenvalue weighted by Gasteiger charge is -2.15. The molecule has 0 fully saturated rings. The molecule has 1 atom stereocenters. The number of hydrogen-bond acceptors (Lipinski definition) is 6. The van der Waals surface area contributed by atoms with Crippen molar-refractivity contribution in [2.24, 2.45) is 0 Å². The number of carboxylic acids is 1. The van der Waals surface area contributed by atoms with Crippen LogP contribution in [0.3, 0.4) is 0 Å². The minimum atomic E-state index is -1.49. The summed E-state index contributed by atoms with van der Waals surface area (Å²) in [5.41, 5.74) is -0.117. The summed E-state index contributed by atoms with van der Waals surface area (Å²) in [6, 6.07) is 11.6. The number of carboxylic acid groups (broad SMARTS) is 1. The van der Waals surface area contributed by atoms with Crippen molar-refractivity contribution < 1.29 is 29.0 Å². The van der Waals surface area contributed by atoms with Crippen molar-refractivity contribution in [2.75, 3.05) is 24.9 Å². The first-order chi connectivity index (χ1) is 18.0. The number of carbonyl (C=O) groups excluding carboxylic acids is 2. The van der Waals surface area contributed by atoms with Crippen LogP contribution in [0.1, 0.15) is 27.6 Å². The van der Waals surface area contributed by atoms with E-state index < -0.39 is 33.3 Å². The highest BCUT2D eigenvalue weighted by Gasteiger charge is 2.29. The van der Waals surface area contributed by atoms with Gasteiger partial charge in [0.25, 0.3) is 5.91 Å². The summed E-state index contributed by atoms with van der Waals surface area (Å²) >= 11 is 25.4. The monoisotopic (exact) mass is 616 g/mol. The molecular weight excluding hydrogens is 598 g/mol. The number of aromatic carboxylic acids is 1. The number of methoxy groups -OCH3 is 2. The van der Waals surface area contributed by atoms with Crippen LogP contribution >= 0.6 is 58.2 Å². The molecule has 0 bridgehead atoms. The first-order valence-electron chi connectivity index (χ1n) is 10.7. The molecule has 0 saturated carbocycles. The quantitative estimate of drug-likeness (QED) is 0.130. The first kappa shape index (κ1) is 29.7. The Hall–Kier alpha value is -2.82. The summed E-state index contributed by atoms with van der Waals surface area (Å²) in [4.78, 5) is 38.1. The van der Waals surface area contributed by atoms with E-state index in [1.807, 2.05) is 0 Å². The molecule has 0 heterocycles. The van der Waals surface area contributed by atoms with Gasteiger partial charge in [0.05, 0.1) is 50.7 Å². The van der Waals surface area contributed by atoms with Crippen molar-refractivity contribution in [3.8, 4) is 11.5 Å². The number of nitrogens with one attached hydrogen (secondary N) is 2. The fourth-order valence-electron chi connectivity index (χ4n) is 3.24. The zero-order valence-corrected chi connectivity index (χ0v) is 23.9. The Kier molecular flexibility index (Phi) is 10.0. The molecule has 1 unspecified atom stereocenters. The van der Waals surface area contributed by atoms with E-state index in [4.69, 9.17) is 55.9 Å². The average Bonchev–Trinajstić information content (AvgIpc) is 2.89. The first-order valence-corrected chi connectivity index (χ1v) is 13.1. The molecule has 2 amide bonds. The Morgan fingerprint density at radius 1 is 0.789 bits per heavy atom. The summed E-state index contributed by atoms with van der Waals surface area (Å²) in [5.74, 6) is -1.49. The Bertz CT molecular complexity index is 1380. The number of ether oxygens (including phenoxy) is 2. The molecule has 3 aromatic rings. The minimum absolute atomic E-state index is 0.236. The standard InChI is InChI=1S/C25H20Cl4N2O6S/c1-11(23(32)31-13-8-14(36-2)10-15(9-13)37-3)38-16-6-4-12(5-7-16)30-24(33)17-18(25(34)35)20(27)22(29)21(28)19(17)26/h4-11H,1-3H3,(H,30,33)(H,31,32)(H,34,35). The second-order valence-corrected chi connectivity index (χ2v) is 10.6. The van der Waals surface area contributed by atoms with Gasteiger partial charge in [-0.05, 0) is 31.2 Å².